The van der Waals surface area contributed by atoms with E-state index in [2.05, 4.69) is 12.0 Å². The van der Waals surface area contributed by atoms with Gasteiger partial charge in [-0.1, -0.05) is 12.8 Å². The Morgan fingerprint density at radius 3 is 2.46 bits per heavy atom. The largest absolute Gasteiger partial charge is 0.382 e. The van der Waals surface area contributed by atoms with Crippen LogP contribution in [0.25, 0.3) is 0 Å². The molecule has 0 radical (unpaired) electrons. The monoisotopic (exact) mass is 179 g/mol. The van der Waals surface area contributed by atoms with E-state index < -0.39 is 0 Å². The third kappa shape index (κ3) is 1.32. The van der Waals surface area contributed by atoms with Crippen molar-refractivity contribution < 1.29 is 0 Å². The zero-order chi connectivity index (χ0) is 9.42. The number of anilines is 1. The van der Waals surface area contributed by atoms with Crippen molar-refractivity contribution in [3.63, 3.8) is 0 Å². The summed E-state index contributed by atoms with van der Waals surface area (Å²) in [6, 6.07) is 0. The third-order valence-corrected chi connectivity index (χ3v) is 3.17. The van der Waals surface area contributed by atoms with Gasteiger partial charge < -0.3 is 5.73 Å². The van der Waals surface area contributed by atoms with Gasteiger partial charge in [-0.15, -0.1) is 0 Å². The topological polar surface area (TPSA) is 43.8 Å². The van der Waals surface area contributed by atoms with Crippen LogP contribution in [0.5, 0.6) is 0 Å². The van der Waals surface area contributed by atoms with Crippen LogP contribution in [0, 0.1) is 6.92 Å². The number of aromatic nitrogens is 2. The zero-order valence-corrected chi connectivity index (χ0v) is 8.38. The lowest BCUT2D eigenvalue weighted by Gasteiger charge is -2.08. The van der Waals surface area contributed by atoms with E-state index >= 15 is 0 Å². The highest BCUT2D eigenvalue weighted by Crippen LogP contribution is 2.38. The molecule has 0 aliphatic heterocycles. The summed E-state index contributed by atoms with van der Waals surface area (Å²) in [6.45, 7) is 2.11. The van der Waals surface area contributed by atoms with Gasteiger partial charge >= 0.3 is 0 Å². The van der Waals surface area contributed by atoms with E-state index in [4.69, 9.17) is 5.73 Å². The second kappa shape index (κ2) is 3.05. The molecule has 1 aromatic rings. The van der Waals surface area contributed by atoms with Crippen LogP contribution in [-0.2, 0) is 7.05 Å². The number of hydrogen-bond acceptors (Lipinski definition) is 2. The second-order valence-electron chi connectivity index (χ2n) is 3.99. The maximum atomic E-state index is 5.89. The molecule has 0 aromatic carbocycles. The number of aryl methyl sites for hydroxylation is 1. The van der Waals surface area contributed by atoms with Gasteiger partial charge in [-0.3, -0.25) is 4.68 Å². The van der Waals surface area contributed by atoms with E-state index in [-0.39, 0.29) is 0 Å². The minimum absolute atomic E-state index is 0.675. The van der Waals surface area contributed by atoms with E-state index in [1.54, 1.807) is 0 Å². The number of nitrogens with two attached hydrogens (primary N) is 1. The summed E-state index contributed by atoms with van der Waals surface area (Å²) in [7, 11) is 1.96. The first-order valence-electron chi connectivity index (χ1n) is 4.99. The molecule has 72 valence electrons. The summed E-state index contributed by atoms with van der Waals surface area (Å²) in [5, 5.41) is 4.25. The third-order valence-electron chi connectivity index (χ3n) is 3.17. The molecule has 2 rings (SSSR count). The lowest BCUT2D eigenvalue weighted by atomic mass is 9.97. The highest BCUT2D eigenvalue weighted by molar-refractivity contribution is 5.45. The van der Waals surface area contributed by atoms with Crippen LogP contribution in [0.2, 0.25) is 0 Å². The van der Waals surface area contributed by atoms with E-state index in [0.717, 1.165) is 5.82 Å². The molecule has 1 fully saturated rings. The predicted molar refractivity (Wildman–Crippen MR) is 53.6 cm³/mol. The lowest BCUT2D eigenvalue weighted by Crippen LogP contribution is -1.98. The van der Waals surface area contributed by atoms with Crippen LogP contribution < -0.4 is 5.73 Å². The van der Waals surface area contributed by atoms with Crippen molar-refractivity contribution in [2.45, 2.75) is 38.5 Å². The molecular weight excluding hydrogens is 162 g/mol. The summed E-state index contributed by atoms with van der Waals surface area (Å²) in [5.74, 6) is 1.42. The van der Waals surface area contributed by atoms with E-state index in [0.29, 0.717) is 5.92 Å². The maximum Gasteiger partial charge on any atom is 0.149 e. The molecule has 1 aliphatic rings. The Kier molecular flexibility index (Phi) is 2.02. The zero-order valence-electron chi connectivity index (χ0n) is 8.38. The molecule has 0 bridgehead atoms. The lowest BCUT2D eigenvalue weighted by molar-refractivity contribution is 0.701. The fourth-order valence-corrected chi connectivity index (χ4v) is 2.37. The average Bonchev–Trinajstić information content (AvgIpc) is 2.63. The van der Waals surface area contributed by atoms with E-state index in [1.807, 2.05) is 11.7 Å². The van der Waals surface area contributed by atoms with Crippen molar-refractivity contribution in [3.8, 4) is 0 Å². The Hall–Kier alpha value is -0.990. The first kappa shape index (κ1) is 8.60. The van der Waals surface area contributed by atoms with Crippen molar-refractivity contribution in [1.29, 1.82) is 0 Å². The molecule has 0 saturated heterocycles. The first-order valence-corrected chi connectivity index (χ1v) is 4.99. The van der Waals surface area contributed by atoms with Crippen LogP contribution in [0.15, 0.2) is 0 Å². The van der Waals surface area contributed by atoms with E-state index in [1.165, 1.54) is 36.9 Å². The summed E-state index contributed by atoms with van der Waals surface area (Å²) in [4.78, 5) is 0. The predicted octanol–water partition coefficient (Wildman–Crippen LogP) is 1.97. The first-order chi connectivity index (χ1) is 6.20. The van der Waals surface area contributed by atoms with Crippen LogP contribution >= 0.6 is 0 Å². The SMILES string of the molecule is Cc1c(C2CCCC2)c(N)nn1C. The molecule has 1 saturated carbocycles. The fraction of sp³-hybridized carbons (Fsp3) is 0.700. The Morgan fingerprint density at radius 1 is 1.38 bits per heavy atom. The molecule has 1 aliphatic carbocycles. The molecule has 0 unspecified atom stereocenters. The van der Waals surface area contributed by atoms with Crippen molar-refractivity contribution in [1.82, 2.24) is 9.78 Å². The Labute approximate surface area is 78.9 Å². The molecule has 2 N–H and O–H groups in total. The number of rotatable bonds is 1. The van der Waals surface area contributed by atoms with Crippen molar-refractivity contribution >= 4 is 5.82 Å². The van der Waals surface area contributed by atoms with Crippen molar-refractivity contribution in [3.05, 3.63) is 11.3 Å². The normalized spacial score (nSPS) is 18.3. The summed E-state index contributed by atoms with van der Waals surface area (Å²) >= 11 is 0. The fourth-order valence-electron chi connectivity index (χ4n) is 2.37. The quantitative estimate of drug-likeness (QED) is 0.716. The molecule has 0 atom stereocenters. The summed E-state index contributed by atoms with van der Waals surface area (Å²) in [6.07, 6.45) is 5.27. The smallest absolute Gasteiger partial charge is 0.149 e. The Morgan fingerprint density at radius 2 is 2.00 bits per heavy atom. The number of hydrogen-bond donors (Lipinski definition) is 1. The van der Waals surface area contributed by atoms with Crippen LogP contribution in [0.1, 0.15) is 42.9 Å². The molecule has 3 nitrogen and oxygen atoms in total. The van der Waals surface area contributed by atoms with Gasteiger partial charge in [-0.25, -0.2) is 0 Å². The van der Waals surface area contributed by atoms with Gasteiger partial charge in [0.05, 0.1) is 0 Å². The van der Waals surface area contributed by atoms with Crippen LogP contribution in [0.4, 0.5) is 5.82 Å². The molecule has 1 heterocycles. The summed E-state index contributed by atoms with van der Waals surface area (Å²) in [5.41, 5.74) is 8.44. The number of nitrogen functional groups attached to an aromatic ring is 1. The average molecular weight is 179 g/mol. The highest BCUT2D eigenvalue weighted by Gasteiger charge is 2.23. The van der Waals surface area contributed by atoms with E-state index in [9.17, 15) is 0 Å². The number of nitrogens with zero attached hydrogens (tertiary/aromatic N) is 2. The minimum atomic E-state index is 0.675. The standard InChI is InChI=1S/C10H17N3/c1-7-9(8-5-3-4-6-8)10(11)12-13(7)2/h8H,3-6H2,1-2H3,(H2,11,12). The van der Waals surface area contributed by atoms with Gasteiger partial charge in [0, 0.05) is 18.3 Å². The second-order valence-corrected chi connectivity index (χ2v) is 3.99. The van der Waals surface area contributed by atoms with Gasteiger partial charge in [0.15, 0.2) is 0 Å². The molecule has 3 heteroatoms. The molecule has 0 amide bonds. The van der Waals surface area contributed by atoms with Gasteiger partial charge in [0.1, 0.15) is 5.82 Å². The minimum Gasteiger partial charge on any atom is -0.382 e. The van der Waals surface area contributed by atoms with Gasteiger partial charge in [0.2, 0.25) is 0 Å². The molecule has 13 heavy (non-hydrogen) atoms. The maximum absolute atomic E-state index is 5.89. The van der Waals surface area contributed by atoms with Gasteiger partial charge in [-0.05, 0) is 25.7 Å². The van der Waals surface area contributed by atoms with Gasteiger partial charge in [0.25, 0.3) is 0 Å². The molecule has 1 aromatic heterocycles. The van der Waals surface area contributed by atoms with Crippen molar-refractivity contribution in [2.75, 3.05) is 5.73 Å². The molecule has 0 spiro atoms. The Balaban J connectivity index is 2.37. The van der Waals surface area contributed by atoms with Crippen LogP contribution in [0.3, 0.4) is 0 Å². The van der Waals surface area contributed by atoms with Crippen molar-refractivity contribution in [2.24, 2.45) is 7.05 Å². The highest BCUT2D eigenvalue weighted by atomic mass is 15.3. The summed E-state index contributed by atoms with van der Waals surface area (Å²) < 4.78 is 1.89. The molecular formula is C10H17N3. The van der Waals surface area contributed by atoms with Crippen LogP contribution in [-0.4, -0.2) is 9.78 Å². The van der Waals surface area contributed by atoms with Gasteiger partial charge in [-0.2, -0.15) is 5.10 Å². The Bertz CT molecular complexity index is 308.